The largest absolute Gasteiger partial charge is 0.444 e. The molecule has 0 aromatic rings. The average Bonchev–Trinajstić information content (AvgIpc) is 2.21. The summed E-state index contributed by atoms with van der Waals surface area (Å²) in [4.78, 5) is 13.1. The van der Waals surface area contributed by atoms with Crippen LogP contribution in [0.4, 0.5) is 4.79 Å². The molecule has 0 saturated carbocycles. The molecule has 1 amide bonds. The highest BCUT2D eigenvalue weighted by Gasteiger charge is 2.24. The van der Waals surface area contributed by atoms with Gasteiger partial charge < -0.3 is 24.2 Å². The highest BCUT2D eigenvalue weighted by molar-refractivity contribution is 5.68. The highest BCUT2D eigenvalue weighted by Crippen LogP contribution is 2.10. The van der Waals surface area contributed by atoms with Crippen LogP contribution in [-0.4, -0.2) is 61.9 Å². The number of carbonyl (C=O) groups is 1. The van der Waals surface area contributed by atoms with E-state index in [9.17, 15) is 4.79 Å². The highest BCUT2D eigenvalue weighted by atomic mass is 16.7. The molecular weight excluding hydrogens is 226 g/mol. The molecule has 0 saturated heterocycles. The molecule has 0 aliphatic carbocycles. The standard InChI is InChI=1S/C11H23NO5/c1-11(2,3)17-10(14)12(6-7-13)8-9(15-4)16-5/h9,13H,6-8H2,1-5H3. The van der Waals surface area contributed by atoms with E-state index in [0.29, 0.717) is 0 Å². The number of rotatable bonds is 6. The van der Waals surface area contributed by atoms with Crippen molar-refractivity contribution in [2.24, 2.45) is 0 Å². The quantitative estimate of drug-likeness (QED) is 0.706. The van der Waals surface area contributed by atoms with Gasteiger partial charge in [0.1, 0.15) is 5.60 Å². The molecule has 0 aromatic heterocycles. The van der Waals surface area contributed by atoms with Crippen molar-refractivity contribution in [2.75, 3.05) is 33.9 Å². The first-order chi connectivity index (χ1) is 7.84. The van der Waals surface area contributed by atoms with Gasteiger partial charge in [-0.15, -0.1) is 0 Å². The SMILES string of the molecule is COC(CN(CCO)C(=O)OC(C)(C)C)OC. The Kier molecular flexibility index (Phi) is 7.10. The van der Waals surface area contributed by atoms with E-state index in [1.807, 2.05) is 0 Å². The Balaban J connectivity index is 4.45. The Morgan fingerprint density at radius 2 is 1.82 bits per heavy atom. The third-order valence-electron chi connectivity index (χ3n) is 1.92. The zero-order valence-electron chi connectivity index (χ0n) is 11.2. The van der Waals surface area contributed by atoms with Crippen molar-refractivity contribution >= 4 is 6.09 Å². The van der Waals surface area contributed by atoms with Gasteiger partial charge in [0.05, 0.1) is 13.2 Å². The van der Waals surface area contributed by atoms with Gasteiger partial charge in [-0.25, -0.2) is 4.79 Å². The van der Waals surface area contributed by atoms with Crippen molar-refractivity contribution in [2.45, 2.75) is 32.7 Å². The van der Waals surface area contributed by atoms with E-state index < -0.39 is 18.0 Å². The molecule has 1 N–H and O–H groups in total. The summed E-state index contributed by atoms with van der Waals surface area (Å²) in [5.41, 5.74) is -0.569. The minimum Gasteiger partial charge on any atom is -0.444 e. The van der Waals surface area contributed by atoms with Gasteiger partial charge in [0, 0.05) is 20.8 Å². The van der Waals surface area contributed by atoms with Crippen LogP contribution in [0, 0.1) is 0 Å². The van der Waals surface area contributed by atoms with E-state index in [0.717, 1.165) is 0 Å². The van der Waals surface area contributed by atoms with Crippen LogP contribution in [0.2, 0.25) is 0 Å². The maximum absolute atomic E-state index is 11.8. The lowest BCUT2D eigenvalue weighted by molar-refractivity contribution is -0.116. The summed E-state index contributed by atoms with van der Waals surface area (Å²) in [7, 11) is 2.97. The lowest BCUT2D eigenvalue weighted by Crippen LogP contribution is -2.43. The number of hydrogen-bond acceptors (Lipinski definition) is 5. The maximum Gasteiger partial charge on any atom is 0.410 e. The molecule has 6 heteroatoms. The number of nitrogens with zero attached hydrogens (tertiary/aromatic N) is 1. The van der Waals surface area contributed by atoms with Crippen molar-refractivity contribution < 1.29 is 24.1 Å². The second kappa shape index (κ2) is 7.47. The molecule has 0 radical (unpaired) electrons. The Morgan fingerprint density at radius 1 is 1.29 bits per heavy atom. The Hall–Kier alpha value is -0.850. The minimum atomic E-state index is -0.569. The zero-order chi connectivity index (χ0) is 13.5. The van der Waals surface area contributed by atoms with Gasteiger partial charge in [0.25, 0.3) is 0 Å². The Labute approximate surface area is 102 Å². The summed E-state index contributed by atoms with van der Waals surface area (Å²) in [6.07, 6.45) is -1.03. The molecule has 0 heterocycles. The normalized spacial score (nSPS) is 11.7. The van der Waals surface area contributed by atoms with Crippen molar-refractivity contribution in [3.8, 4) is 0 Å². The smallest absolute Gasteiger partial charge is 0.410 e. The molecular formula is C11H23NO5. The first kappa shape index (κ1) is 16.1. The van der Waals surface area contributed by atoms with Gasteiger partial charge in [-0.2, -0.15) is 0 Å². The van der Waals surface area contributed by atoms with Crippen molar-refractivity contribution in [1.29, 1.82) is 0 Å². The van der Waals surface area contributed by atoms with Crippen LogP contribution in [0.3, 0.4) is 0 Å². The predicted octanol–water partition coefficient (Wildman–Crippen LogP) is 0.835. The van der Waals surface area contributed by atoms with Crippen molar-refractivity contribution in [3.63, 3.8) is 0 Å². The maximum atomic E-state index is 11.8. The van der Waals surface area contributed by atoms with Gasteiger partial charge in [-0.3, -0.25) is 0 Å². The molecule has 0 unspecified atom stereocenters. The third kappa shape index (κ3) is 7.14. The number of ether oxygens (including phenoxy) is 3. The predicted molar refractivity (Wildman–Crippen MR) is 62.7 cm³/mol. The first-order valence-corrected chi connectivity index (χ1v) is 5.48. The summed E-state index contributed by atoms with van der Waals surface area (Å²) in [5, 5.41) is 8.91. The van der Waals surface area contributed by atoms with E-state index >= 15 is 0 Å². The number of methoxy groups -OCH3 is 2. The molecule has 0 rings (SSSR count). The van der Waals surface area contributed by atoms with Gasteiger partial charge >= 0.3 is 6.09 Å². The van der Waals surface area contributed by atoms with Crippen LogP contribution < -0.4 is 0 Å². The van der Waals surface area contributed by atoms with Gasteiger partial charge in [0.15, 0.2) is 6.29 Å². The molecule has 0 fully saturated rings. The molecule has 0 bridgehead atoms. The van der Waals surface area contributed by atoms with Gasteiger partial charge in [-0.1, -0.05) is 0 Å². The number of aliphatic hydroxyl groups is 1. The minimum absolute atomic E-state index is 0.139. The molecule has 0 aliphatic rings. The molecule has 6 nitrogen and oxygen atoms in total. The van der Waals surface area contributed by atoms with E-state index in [1.165, 1.54) is 19.1 Å². The fourth-order valence-electron chi connectivity index (χ4n) is 1.13. The van der Waals surface area contributed by atoms with E-state index in [-0.39, 0.29) is 19.7 Å². The van der Waals surface area contributed by atoms with E-state index in [1.54, 1.807) is 20.8 Å². The van der Waals surface area contributed by atoms with Crippen molar-refractivity contribution in [3.05, 3.63) is 0 Å². The van der Waals surface area contributed by atoms with Crippen LogP contribution in [-0.2, 0) is 14.2 Å². The summed E-state index contributed by atoms with van der Waals surface area (Å²) in [6, 6.07) is 0. The number of hydrogen-bond donors (Lipinski definition) is 1. The molecule has 102 valence electrons. The molecule has 17 heavy (non-hydrogen) atoms. The molecule has 0 aliphatic heterocycles. The average molecular weight is 249 g/mol. The fraction of sp³-hybridized carbons (Fsp3) is 0.909. The van der Waals surface area contributed by atoms with Crippen LogP contribution in [0.15, 0.2) is 0 Å². The number of carbonyl (C=O) groups excluding carboxylic acids is 1. The second-order valence-electron chi connectivity index (χ2n) is 4.55. The van der Waals surface area contributed by atoms with Gasteiger partial charge in [-0.05, 0) is 20.8 Å². The summed E-state index contributed by atoms with van der Waals surface area (Å²) >= 11 is 0. The van der Waals surface area contributed by atoms with E-state index in [4.69, 9.17) is 19.3 Å². The van der Waals surface area contributed by atoms with Crippen LogP contribution in [0.25, 0.3) is 0 Å². The lowest BCUT2D eigenvalue weighted by atomic mass is 10.2. The fourth-order valence-corrected chi connectivity index (χ4v) is 1.13. The van der Waals surface area contributed by atoms with Gasteiger partial charge in [0.2, 0.25) is 0 Å². The Morgan fingerprint density at radius 3 is 2.18 bits per heavy atom. The van der Waals surface area contributed by atoms with Crippen LogP contribution >= 0.6 is 0 Å². The zero-order valence-corrected chi connectivity index (χ0v) is 11.2. The van der Waals surface area contributed by atoms with E-state index in [2.05, 4.69) is 0 Å². The number of aliphatic hydroxyl groups excluding tert-OH is 1. The van der Waals surface area contributed by atoms with Crippen LogP contribution in [0.5, 0.6) is 0 Å². The summed E-state index contributed by atoms with van der Waals surface area (Å²) < 4.78 is 15.2. The monoisotopic (exact) mass is 249 g/mol. The third-order valence-corrected chi connectivity index (χ3v) is 1.92. The van der Waals surface area contributed by atoms with Crippen LogP contribution in [0.1, 0.15) is 20.8 Å². The topological polar surface area (TPSA) is 68.2 Å². The second-order valence-corrected chi connectivity index (χ2v) is 4.55. The molecule has 0 aromatic carbocycles. The summed E-state index contributed by atoms with van der Waals surface area (Å²) in [6.45, 7) is 5.60. The lowest BCUT2D eigenvalue weighted by Gasteiger charge is -2.28. The molecule has 0 spiro atoms. The Bertz CT molecular complexity index is 222. The first-order valence-electron chi connectivity index (χ1n) is 5.48. The number of amides is 1. The molecule has 0 atom stereocenters. The van der Waals surface area contributed by atoms with Crippen molar-refractivity contribution in [1.82, 2.24) is 4.90 Å². The summed E-state index contributed by atoms with van der Waals surface area (Å²) in [5.74, 6) is 0.